The van der Waals surface area contributed by atoms with Crippen molar-refractivity contribution in [2.75, 3.05) is 6.61 Å². The van der Waals surface area contributed by atoms with Crippen LogP contribution in [0.5, 0.6) is 0 Å². The van der Waals surface area contributed by atoms with Gasteiger partial charge in [-0.3, -0.25) is 0 Å². The Hall–Kier alpha value is 0.0962. The molecule has 78 valence electrons. The van der Waals surface area contributed by atoms with E-state index < -0.39 is 0 Å². The molecule has 0 aromatic heterocycles. The van der Waals surface area contributed by atoms with Crippen molar-refractivity contribution < 1.29 is 21.7 Å². The predicted octanol–water partition coefficient (Wildman–Crippen LogP) is -0.753. The zero-order valence-corrected chi connectivity index (χ0v) is 11.9. The van der Waals surface area contributed by atoms with Gasteiger partial charge in [0, 0.05) is 6.61 Å². The van der Waals surface area contributed by atoms with Gasteiger partial charge in [0.1, 0.15) is 0 Å². The van der Waals surface area contributed by atoms with Crippen molar-refractivity contribution in [1.29, 1.82) is 0 Å². The van der Waals surface area contributed by atoms with E-state index in [0.29, 0.717) is 25.3 Å². The summed E-state index contributed by atoms with van der Waals surface area (Å²) in [6, 6.07) is 9.93. The maximum atomic E-state index is 9.13. The van der Waals surface area contributed by atoms with Crippen LogP contribution in [-0.4, -0.2) is 35.4 Å². The van der Waals surface area contributed by atoms with E-state index in [1.807, 2.05) is 37.3 Å². The van der Waals surface area contributed by atoms with Crippen LogP contribution in [0, 0.1) is 0 Å². The summed E-state index contributed by atoms with van der Waals surface area (Å²) in [5.74, 6) is 0. The first kappa shape index (κ1) is 17.5. The van der Waals surface area contributed by atoms with Crippen molar-refractivity contribution >= 4 is 28.8 Å². The van der Waals surface area contributed by atoms with Crippen LogP contribution in [0.25, 0.3) is 5.41 Å². The van der Waals surface area contributed by atoms with Gasteiger partial charge in [-0.1, -0.05) is 43.7 Å². The van der Waals surface area contributed by atoms with E-state index in [4.69, 9.17) is 10.1 Å². The minimum absolute atomic E-state index is 0. The van der Waals surface area contributed by atoms with Crippen molar-refractivity contribution in [2.24, 2.45) is 0 Å². The summed E-state index contributed by atoms with van der Waals surface area (Å²) < 4.78 is 5.29. The van der Waals surface area contributed by atoms with E-state index >= 15 is 0 Å². The first-order chi connectivity index (χ1) is 6.33. The average molecular weight is 280 g/mol. The predicted molar refractivity (Wildman–Crippen MR) is 60.5 cm³/mol. The van der Waals surface area contributed by atoms with Gasteiger partial charge < -0.3 is 27.1 Å². The molecule has 0 radical (unpaired) electrons. The molecule has 2 nitrogen and oxygen atoms in total. The van der Waals surface area contributed by atoms with Crippen LogP contribution >= 0.6 is 0 Å². The van der Waals surface area contributed by atoms with Gasteiger partial charge >= 0.3 is 23.1 Å². The molecular weight excluding hydrogens is 266 g/mol. The Morgan fingerprint density at radius 2 is 1.87 bits per heavy atom. The number of ether oxygens (including phenoxy) is 1. The maximum absolute atomic E-state index is 9.13. The zero-order chi connectivity index (χ0) is 9.52. The molecule has 0 amide bonds. The third-order valence-corrected chi connectivity index (χ3v) is 1.79. The van der Waals surface area contributed by atoms with Crippen LogP contribution in [0.3, 0.4) is 0 Å². The zero-order valence-electron chi connectivity index (χ0n) is 8.95. The van der Waals surface area contributed by atoms with Crippen LogP contribution in [-0.2, 0) is 11.3 Å². The second kappa shape index (κ2) is 10.6. The smallest absolute Gasteiger partial charge is 1.00 e. The van der Waals surface area contributed by atoms with Gasteiger partial charge in [0.05, 0.1) is 6.61 Å². The van der Waals surface area contributed by atoms with Crippen molar-refractivity contribution in [3.63, 3.8) is 0 Å². The Balaban J connectivity index is 0. The summed E-state index contributed by atoms with van der Waals surface area (Å²) in [6.45, 7) is 2.80. The number of rotatable bonds is 5. The topological polar surface area (TPSA) is 31.5 Å². The third-order valence-electron chi connectivity index (χ3n) is 1.79. The van der Waals surface area contributed by atoms with Crippen LogP contribution in [0.2, 0.25) is 0 Å². The second-order valence-corrected chi connectivity index (χ2v) is 2.90. The molecule has 0 unspecified atom stereocenters. The first-order valence-electron chi connectivity index (χ1n) is 4.48. The van der Waals surface area contributed by atoms with Gasteiger partial charge in [-0.2, -0.15) is 5.71 Å². The van der Waals surface area contributed by atoms with Crippen molar-refractivity contribution in [3.8, 4) is 0 Å². The molecule has 0 heterocycles. The molecule has 1 rings (SSSR count). The molecule has 15 heavy (non-hydrogen) atoms. The fraction of sp³-hybridized carbons (Fsp3) is 0.364. The molecule has 0 saturated carbocycles. The summed E-state index contributed by atoms with van der Waals surface area (Å²) in [7, 11) is 0. The van der Waals surface area contributed by atoms with E-state index in [-0.39, 0.29) is 40.0 Å². The van der Waals surface area contributed by atoms with Gasteiger partial charge in [-0.15, -0.1) is 0 Å². The standard InChI is InChI=1S/C11H14NO.BrH.Mg/c1-2-11(12)9-13-8-10-6-4-3-5-7-10;;/h3-7H,2,8-9H2,1H3;1H;/q-1;;+2/p-1. The maximum Gasteiger partial charge on any atom is 2.00 e. The van der Waals surface area contributed by atoms with E-state index in [9.17, 15) is 0 Å². The van der Waals surface area contributed by atoms with E-state index in [0.717, 1.165) is 5.56 Å². The quantitative estimate of drug-likeness (QED) is 0.516. The number of benzene rings is 1. The molecule has 0 fully saturated rings. The number of hydrogen-bond acceptors (Lipinski definition) is 1. The monoisotopic (exact) mass is 279 g/mol. The van der Waals surface area contributed by atoms with Crippen molar-refractivity contribution in [2.45, 2.75) is 20.0 Å². The van der Waals surface area contributed by atoms with E-state index in [2.05, 4.69) is 0 Å². The van der Waals surface area contributed by atoms with Crippen molar-refractivity contribution in [1.82, 2.24) is 0 Å². The van der Waals surface area contributed by atoms with E-state index in [1.54, 1.807) is 0 Å². The van der Waals surface area contributed by atoms with Crippen LogP contribution in [0.4, 0.5) is 0 Å². The molecule has 0 saturated heterocycles. The van der Waals surface area contributed by atoms with E-state index in [1.165, 1.54) is 0 Å². The number of nitrogens with zero attached hydrogens (tertiary/aromatic N) is 1. The SMILES string of the molecule is CCC(=[N-])COCc1ccccc1.[Br-].[Mg+2]. The van der Waals surface area contributed by atoms with Crippen LogP contribution in [0.15, 0.2) is 30.3 Å². The van der Waals surface area contributed by atoms with Crippen LogP contribution in [0.1, 0.15) is 18.9 Å². The van der Waals surface area contributed by atoms with Gasteiger partial charge in [0.2, 0.25) is 0 Å². The Labute approximate surface area is 118 Å². The molecule has 0 spiro atoms. The second-order valence-electron chi connectivity index (χ2n) is 2.90. The molecule has 1 aromatic carbocycles. The number of halogens is 1. The Morgan fingerprint density at radius 1 is 1.27 bits per heavy atom. The van der Waals surface area contributed by atoms with Gasteiger partial charge in [-0.25, -0.2) is 0 Å². The van der Waals surface area contributed by atoms with Gasteiger partial charge in [0.15, 0.2) is 0 Å². The fourth-order valence-electron chi connectivity index (χ4n) is 0.963. The summed E-state index contributed by atoms with van der Waals surface area (Å²) in [5, 5.41) is 9.13. The normalized spacial score (nSPS) is 8.60. The Kier molecular flexibility index (Phi) is 12.4. The largest absolute Gasteiger partial charge is 2.00 e. The molecular formula is C11H14BrMgNO. The molecule has 4 heteroatoms. The molecule has 0 N–H and O–H groups in total. The average Bonchev–Trinajstić information content (AvgIpc) is 2.19. The minimum atomic E-state index is 0. The first-order valence-corrected chi connectivity index (χ1v) is 4.48. The molecule has 0 atom stereocenters. The molecule has 0 aliphatic carbocycles. The Bertz CT molecular complexity index is 267. The summed E-state index contributed by atoms with van der Waals surface area (Å²) in [6.07, 6.45) is 0.661. The molecule has 0 bridgehead atoms. The molecule has 0 aliphatic heterocycles. The third kappa shape index (κ3) is 7.96. The summed E-state index contributed by atoms with van der Waals surface area (Å²) in [4.78, 5) is 0. The van der Waals surface area contributed by atoms with Crippen LogP contribution < -0.4 is 17.0 Å². The Morgan fingerprint density at radius 3 is 2.40 bits per heavy atom. The summed E-state index contributed by atoms with van der Waals surface area (Å²) in [5.41, 5.74) is 1.53. The van der Waals surface area contributed by atoms with Gasteiger partial charge in [0.25, 0.3) is 0 Å². The van der Waals surface area contributed by atoms with Crippen molar-refractivity contribution in [3.05, 3.63) is 41.3 Å². The minimum Gasteiger partial charge on any atom is -1.00 e. The molecule has 0 aliphatic rings. The summed E-state index contributed by atoms with van der Waals surface area (Å²) >= 11 is 0. The van der Waals surface area contributed by atoms with Gasteiger partial charge in [-0.05, 0) is 5.56 Å². The fourth-order valence-corrected chi connectivity index (χ4v) is 0.963. The number of hydrogen-bond donors (Lipinski definition) is 0. The molecule has 1 aromatic rings.